The van der Waals surface area contributed by atoms with E-state index in [2.05, 4.69) is 21.2 Å². The molecule has 0 bridgehead atoms. The molecule has 4 rings (SSSR count). The number of ether oxygens (including phenoxy) is 2. The Morgan fingerprint density at radius 2 is 1.89 bits per heavy atom. The Bertz CT molecular complexity index is 1260. The number of hydrogen-bond donors (Lipinski definition) is 1. The fourth-order valence-corrected chi connectivity index (χ4v) is 5.53. The van der Waals surface area contributed by atoms with Crippen molar-refractivity contribution in [1.82, 2.24) is 10.2 Å². The molecule has 2 aliphatic rings. The van der Waals surface area contributed by atoms with Gasteiger partial charge in [0, 0.05) is 17.0 Å². The summed E-state index contributed by atoms with van der Waals surface area (Å²) in [5, 5.41) is 13.0. The highest BCUT2D eigenvalue weighted by Crippen LogP contribution is 2.46. The van der Waals surface area contributed by atoms with E-state index in [0.717, 1.165) is 0 Å². The first-order chi connectivity index (χ1) is 17.3. The number of hydrogen-bond acceptors (Lipinski definition) is 8. The summed E-state index contributed by atoms with van der Waals surface area (Å²) in [6, 6.07) is 13.6. The number of nitro benzene ring substituents is 1. The molecule has 2 atom stereocenters. The highest BCUT2D eigenvalue weighted by atomic mass is 79.9. The van der Waals surface area contributed by atoms with Crippen molar-refractivity contribution in [3.63, 3.8) is 0 Å². The van der Waals surface area contributed by atoms with Gasteiger partial charge in [-0.1, -0.05) is 45.9 Å². The van der Waals surface area contributed by atoms with E-state index in [0.29, 0.717) is 21.8 Å². The maximum Gasteiger partial charge on any atom is 0.355 e. The van der Waals surface area contributed by atoms with Gasteiger partial charge in [-0.05, 0) is 47.3 Å². The van der Waals surface area contributed by atoms with Crippen molar-refractivity contribution in [2.24, 2.45) is 0 Å². The minimum atomic E-state index is -0.838. The van der Waals surface area contributed by atoms with E-state index in [9.17, 15) is 24.5 Å². The molecule has 1 saturated heterocycles. The normalized spacial score (nSPS) is 19.9. The quantitative estimate of drug-likeness (QED) is 0.219. The van der Waals surface area contributed by atoms with Crippen LogP contribution in [-0.4, -0.2) is 45.6 Å². The fourth-order valence-electron chi connectivity index (χ4n) is 3.64. The van der Waals surface area contributed by atoms with Gasteiger partial charge in [0.1, 0.15) is 29.5 Å². The zero-order valence-electron chi connectivity index (χ0n) is 18.9. The van der Waals surface area contributed by atoms with Crippen LogP contribution in [-0.2, 0) is 25.7 Å². The average molecular weight is 574 g/mol. The number of non-ortho nitro benzene ring substituents is 1. The van der Waals surface area contributed by atoms with Gasteiger partial charge in [-0.2, -0.15) is 0 Å². The third-order valence-corrected chi connectivity index (χ3v) is 7.66. The fraction of sp³-hybridized carbons (Fsp3) is 0.208. The number of fused-ring (bicyclic) bond motifs is 1. The Hall–Kier alpha value is -3.64. The zero-order chi connectivity index (χ0) is 25.8. The second kappa shape index (κ2) is 11.0. The monoisotopic (exact) mass is 573 g/mol. The first-order valence-corrected chi connectivity index (χ1v) is 12.5. The number of rotatable bonds is 8. The molecular weight excluding hydrogens is 554 g/mol. The predicted octanol–water partition coefficient (Wildman–Crippen LogP) is 3.63. The smallest absolute Gasteiger partial charge is 0.355 e. The van der Waals surface area contributed by atoms with Crippen LogP contribution in [0, 0.1) is 10.1 Å². The van der Waals surface area contributed by atoms with Crippen LogP contribution in [0.2, 0.25) is 0 Å². The molecule has 2 heterocycles. The average Bonchev–Trinajstić information content (AvgIpc) is 2.89. The minimum Gasteiger partial charge on any atom is -0.484 e. The van der Waals surface area contributed by atoms with Crippen LogP contribution in [0.4, 0.5) is 5.69 Å². The molecule has 2 amide bonds. The van der Waals surface area contributed by atoms with Crippen LogP contribution < -0.4 is 10.1 Å². The predicted molar refractivity (Wildman–Crippen MR) is 135 cm³/mol. The summed E-state index contributed by atoms with van der Waals surface area (Å²) in [6.45, 7) is 1.31. The maximum atomic E-state index is 13.0. The molecule has 0 aromatic heterocycles. The number of benzene rings is 2. The molecule has 0 spiro atoms. The van der Waals surface area contributed by atoms with Gasteiger partial charge in [0.2, 0.25) is 0 Å². The van der Waals surface area contributed by atoms with E-state index in [1.165, 1.54) is 40.9 Å². The Morgan fingerprint density at radius 3 is 2.53 bits per heavy atom. The molecule has 186 valence electrons. The molecule has 12 heteroatoms. The summed E-state index contributed by atoms with van der Waals surface area (Å²) in [7, 11) is 0. The van der Waals surface area contributed by atoms with Crippen molar-refractivity contribution in [3.8, 4) is 5.75 Å². The molecule has 2 aliphatic heterocycles. The standard InChI is InChI=1S/C24H20BrN3O7S/c1-14-18(11-25)36-23-20(26-19(29)13-34-17-5-3-2-4-6-17)22(30)27(23)21(14)24(31)35-12-15-7-9-16(10-8-15)28(32)33/h2-11,20,23H,12-13H2,1H3,(H,26,29)/b18-11-/t20?,23-/m1/s1. The van der Waals surface area contributed by atoms with E-state index >= 15 is 0 Å². The summed E-state index contributed by atoms with van der Waals surface area (Å²) in [5.41, 5.74) is 1.12. The number of allylic oxidation sites excluding steroid dienone is 1. The van der Waals surface area contributed by atoms with Gasteiger partial charge >= 0.3 is 5.97 Å². The van der Waals surface area contributed by atoms with E-state index in [-0.39, 0.29) is 24.6 Å². The van der Waals surface area contributed by atoms with Gasteiger partial charge in [-0.3, -0.25) is 24.6 Å². The second-order valence-corrected chi connectivity index (χ2v) is 9.43. The summed E-state index contributed by atoms with van der Waals surface area (Å²) >= 11 is 4.63. The summed E-state index contributed by atoms with van der Waals surface area (Å²) in [6.07, 6.45) is 0. The first-order valence-electron chi connectivity index (χ1n) is 10.7. The molecule has 1 unspecified atom stereocenters. The summed E-state index contributed by atoms with van der Waals surface area (Å²) < 4.78 is 10.9. The Labute approximate surface area is 218 Å². The molecule has 0 saturated carbocycles. The lowest BCUT2D eigenvalue weighted by atomic mass is 10.0. The Morgan fingerprint density at radius 1 is 1.19 bits per heavy atom. The van der Waals surface area contributed by atoms with E-state index in [1.54, 1.807) is 36.2 Å². The van der Waals surface area contributed by atoms with Crippen LogP contribution in [0.5, 0.6) is 5.75 Å². The molecule has 1 fully saturated rings. The number of thioether (sulfide) groups is 1. The topological polar surface area (TPSA) is 128 Å². The van der Waals surface area contributed by atoms with Crippen LogP contribution in [0.1, 0.15) is 12.5 Å². The van der Waals surface area contributed by atoms with Crippen molar-refractivity contribution >= 4 is 51.2 Å². The highest BCUT2D eigenvalue weighted by molar-refractivity contribution is 9.11. The molecular formula is C24H20BrN3O7S. The van der Waals surface area contributed by atoms with Crippen LogP contribution >= 0.6 is 27.7 Å². The van der Waals surface area contributed by atoms with Gasteiger partial charge in [0.15, 0.2) is 6.61 Å². The Balaban J connectivity index is 1.42. The molecule has 0 aliphatic carbocycles. The minimum absolute atomic E-state index is 0.0729. The largest absolute Gasteiger partial charge is 0.484 e. The highest BCUT2D eigenvalue weighted by Gasteiger charge is 2.55. The molecule has 0 radical (unpaired) electrons. The van der Waals surface area contributed by atoms with Gasteiger partial charge in [-0.25, -0.2) is 4.79 Å². The number of carbonyl (C=O) groups is 3. The number of para-hydroxylation sites is 1. The van der Waals surface area contributed by atoms with E-state index in [4.69, 9.17) is 9.47 Å². The lowest BCUT2D eigenvalue weighted by molar-refractivity contribution is -0.384. The lowest BCUT2D eigenvalue weighted by Crippen LogP contribution is -2.70. The number of nitrogens with zero attached hydrogens (tertiary/aromatic N) is 2. The van der Waals surface area contributed by atoms with Crippen LogP contribution in [0.15, 0.2) is 75.8 Å². The number of amides is 2. The number of nitrogens with one attached hydrogen (secondary N) is 1. The molecule has 2 aromatic carbocycles. The van der Waals surface area contributed by atoms with Crippen molar-refractivity contribution in [3.05, 3.63) is 91.4 Å². The van der Waals surface area contributed by atoms with Gasteiger partial charge in [-0.15, -0.1) is 0 Å². The number of halogens is 1. The molecule has 36 heavy (non-hydrogen) atoms. The third-order valence-electron chi connectivity index (χ3n) is 5.50. The number of carbonyl (C=O) groups excluding carboxylic acids is 3. The summed E-state index contributed by atoms with van der Waals surface area (Å²) in [4.78, 5) is 52.3. The number of esters is 1. The van der Waals surface area contributed by atoms with Crippen molar-refractivity contribution in [2.45, 2.75) is 24.9 Å². The molecule has 10 nitrogen and oxygen atoms in total. The number of β-lactam (4-membered cyclic amide) rings is 1. The first kappa shape index (κ1) is 25.5. The van der Waals surface area contributed by atoms with Crippen LogP contribution in [0.25, 0.3) is 0 Å². The SMILES string of the molecule is CC1=C(C(=O)OCc2ccc([N+](=O)[O-])cc2)N2C(=O)C(NC(=O)COc3ccccc3)[C@H]2S/C1=C\Br. The van der Waals surface area contributed by atoms with Crippen molar-refractivity contribution in [1.29, 1.82) is 0 Å². The molecule has 2 aromatic rings. The van der Waals surface area contributed by atoms with Gasteiger partial charge < -0.3 is 14.8 Å². The van der Waals surface area contributed by atoms with Crippen molar-refractivity contribution < 1.29 is 28.8 Å². The third kappa shape index (κ3) is 5.29. The summed E-state index contributed by atoms with van der Waals surface area (Å²) in [5.74, 6) is -1.08. The van der Waals surface area contributed by atoms with Gasteiger partial charge in [0.25, 0.3) is 17.5 Å². The Kier molecular flexibility index (Phi) is 7.75. The van der Waals surface area contributed by atoms with E-state index < -0.39 is 34.1 Å². The zero-order valence-corrected chi connectivity index (χ0v) is 21.3. The molecule has 1 N–H and O–H groups in total. The second-order valence-electron chi connectivity index (χ2n) is 7.81. The maximum absolute atomic E-state index is 13.0. The van der Waals surface area contributed by atoms with Crippen molar-refractivity contribution in [2.75, 3.05) is 6.61 Å². The van der Waals surface area contributed by atoms with E-state index in [1.807, 2.05) is 6.07 Å². The lowest BCUT2D eigenvalue weighted by Gasteiger charge is -2.49. The van der Waals surface area contributed by atoms with Gasteiger partial charge in [0.05, 0.1) is 4.92 Å². The van der Waals surface area contributed by atoms with Crippen LogP contribution in [0.3, 0.4) is 0 Å². The number of nitro groups is 1.